The molecule has 5 rings (SSSR count). The molecule has 3 aromatic heterocycles. The summed E-state index contributed by atoms with van der Waals surface area (Å²) in [5.74, 6) is 0.471. The van der Waals surface area contributed by atoms with Gasteiger partial charge < -0.3 is 19.4 Å². The van der Waals surface area contributed by atoms with Crippen LogP contribution in [0, 0.1) is 18.3 Å². The molecule has 1 N–H and O–H groups in total. The van der Waals surface area contributed by atoms with Gasteiger partial charge in [-0.05, 0) is 55.2 Å². The van der Waals surface area contributed by atoms with E-state index in [0.29, 0.717) is 34.2 Å². The quantitative estimate of drug-likeness (QED) is 0.426. The van der Waals surface area contributed by atoms with Crippen molar-refractivity contribution < 1.29 is 13.9 Å². The van der Waals surface area contributed by atoms with Crippen LogP contribution in [0.4, 0.5) is 5.69 Å². The Kier molecular flexibility index (Phi) is 6.40. The molecule has 1 fully saturated rings. The highest BCUT2D eigenvalue weighted by molar-refractivity contribution is 5.95. The van der Waals surface area contributed by atoms with Gasteiger partial charge in [0.05, 0.1) is 11.3 Å². The Morgan fingerprint density at radius 3 is 2.64 bits per heavy atom. The SMILES string of the molecule is Cc1cc(-c2cc3nccc(-c4ccc(NC5CCOCC5)c(C#N)c4)c3o2)cnc1C(=O)N(C)C. The van der Waals surface area contributed by atoms with Crippen LogP contribution in [0.15, 0.2) is 53.2 Å². The van der Waals surface area contributed by atoms with E-state index < -0.39 is 0 Å². The van der Waals surface area contributed by atoms with Gasteiger partial charge >= 0.3 is 0 Å². The molecule has 0 spiro atoms. The molecule has 36 heavy (non-hydrogen) atoms. The van der Waals surface area contributed by atoms with Crippen molar-refractivity contribution in [3.05, 3.63) is 65.6 Å². The van der Waals surface area contributed by atoms with Gasteiger partial charge in [-0.15, -0.1) is 0 Å². The highest BCUT2D eigenvalue weighted by Gasteiger charge is 2.19. The van der Waals surface area contributed by atoms with E-state index in [2.05, 4.69) is 21.4 Å². The zero-order valence-electron chi connectivity index (χ0n) is 20.5. The third-order valence-corrected chi connectivity index (χ3v) is 6.42. The first-order chi connectivity index (χ1) is 17.4. The van der Waals surface area contributed by atoms with Gasteiger partial charge in [-0.3, -0.25) is 14.8 Å². The van der Waals surface area contributed by atoms with Crippen LogP contribution >= 0.6 is 0 Å². The minimum Gasteiger partial charge on any atom is -0.454 e. The molecule has 0 atom stereocenters. The Morgan fingerprint density at radius 1 is 1.11 bits per heavy atom. The summed E-state index contributed by atoms with van der Waals surface area (Å²) < 4.78 is 11.7. The number of carbonyl (C=O) groups is 1. The standard InChI is InChI=1S/C28H27N5O3/c1-17-12-20(16-31-26(17)28(34)33(2)3)25-14-24-27(36-25)22(6-9-30-24)18-4-5-23(19(13-18)15-29)32-21-7-10-35-11-8-21/h4-6,9,12-14,16,21,32H,7-8,10-11H2,1-3H3. The number of carbonyl (C=O) groups excluding carboxylic acids is 1. The lowest BCUT2D eigenvalue weighted by Crippen LogP contribution is -2.28. The van der Waals surface area contributed by atoms with Crippen LogP contribution < -0.4 is 5.32 Å². The van der Waals surface area contributed by atoms with Crippen LogP contribution in [0.5, 0.6) is 0 Å². The summed E-state index contributed by atoms with van der Waals surface area (Å²) in [7, 11) is 3.41. The summed E-state index contributed by atoms with van der Waals surface area (Å²) in [6, 6.07) is 14.1. The molecule has 1 aromatic carbocycles. The summed E-state index contributed by atoms with van der Waals surface area (Å²) in [4.78, 5) is 22.7. The molecule has 1 saturated heterocycles. The van der Waals surface area contributed by atoms with Gasteiger partial charge in [0.2, 0.25) is 0 Å². The number of nitrogens with zero attached hydrogens (tertiary/aromatic N) is 4. The second-order valence-electron chi connectivity index (χ2n) is 9.18. The molecular formula is C28H27N5O3. The van der Waals surface area contributed by atoms with Crippen LogP contribution in [0.1, 0.15) is 34.5 Å². The smallest absolute Gasteiger partial charge is 0.272 e. The van der Waals surface area contributed by atoms with Crippen LogP contribution in [0.3, 0.4) is 0 Å². The summed E-state index contributed by atoms with van der Waals surface area (Å²) in [5, 5.41) is 13.3. The van der Waals surface area contributed by atoms with Crippen molar-refractivity contribution in [2.45, 2.75) is 25.8 Å². The number of hydrogen-bond donors (Lipinski definition) is 1. The van der Waals surface area contributed by atoms with Crippen LogP contribution in [-0.2, 0) is 4.74 Å². The minimum atomic E-state index is -0.143. The Labute approximate surface area is 209 Å². The Morgan fingerprint density at radius 2 is 1.92 bits per heavy atom. The summed E-state index contributed by atoms with van der Waals surface area (Å²) >= 11 is 0. The number of ether oxygens (including phenoxy) is 1. The van der Waals surface area contributed by atoms with E-state index in [-0.39, 0.29) is 5.91 Å². The predicted octanol–water partition coefficient (Wildman–Crippen LogP) is 5.03. The highest BCUT2D eigenvalue weighted by Crippen LogP contribution is 2.35. The van der Waals surface area contributed by atoms with Crippen molar-refractivity contribution in [1.82, 2.24) is 14.9 Å². The average Bonchev–Trinajstić information content (AvgIpc) is 3.34. The fraction of sp³-hybridized carbons (Fsp3) is 0.286. The molecule has 182 valence electrons. The van der Waals surface area contributed by atoms with Crippen molar-refractivity contribution in [2.75, 3.05) is 32.6 Å². The van der Waals surface area contributed by atoms with Crippen molar-refractivity contribution in [3.63, 3.8) is 0 Å². The van der Waals surface area contributed by atoms with Crippen LogP contribution in [-0.4, -0.2) is 54.1 Å². The van der Waals surface area contributed by atoms with Crippen molar-refractivity contribution in [2.24, 2.45) is 0 Å². The summed E-state index contributed by atoms with van der Waals surface area (Å²) in [6.07, 6.45) is 5.22. The van der Waals surface area contributed by atoms with Crippen molar-refractivity contribution in [3.8, 4) is 28.5 Å². The maximum absolute atomic E-state index is 12.3. The monoisotopic (exact) mass is 481 g/mol. The molecule has 4 heterocycles. The van der Waals surface area contributed by atoms with E-state index in [0.717, 1.165) is 54.0 Å². The summed E-state index contributed by atoms with van der Waals surface area (Å²) in [6.45, 7) is 3.33. The number of benzene rings is 1. The van der Waals surface area contributed by atoms with Gasteiger partial charge in [-0.25, -0.2) is 0 Å². The van der Waals surface area contributed by atoms with Gasteiger partial charge in [-0.2, -0.15) is 5.26 Å². The highest BCUT2D eigenvalue weighted by atomic mass is 16.5. The van der Waals surface area contributed by atoms with Crippen molar-refractivity contribution >= 4 is 22.7 Å². The molecule has 0 radical (unpaired) electrons. The number of hydrogen-bond acceptors (Lipinski definition) is 7. The number of aryl methyl sites for hydroxylation is 1. The third-order valence-electron chi connectivity index (χ3n) is 6.42. The van der Waals surface area contributed by atoms with E-state index in [9.17, 15) is 10.1 Å². The Bertz CT molecular complexity index is 1480. The number of amides is 1. The largest absolute Gasteiger partial charge is 0.454 e. The number of nitrogens with one attached hydrogen (secondary N) is 1. The molecule has 0 aliphatic carbocycles. The predicted molar refractivity (Wildman–Crippen MR) is 138 cm³/mol. The first-order valence-electron chi connectivity index (χ1n) is 11.9. The van der Waals surface area contributed by atoms with Gasteiger partial charge in [-0.1, -0.05) is 6.07 Å². The normalized spacial score (nSPS) is 13.9. The first-order valence-corrected chi connectivity index (χ1v) is 11.9. The van der Waals surface area contributed by atoms with Crippen LogP contribution in [0.2, 0.25) is 0 Å². The van der Waals surface area contributed by atoms with Gasteiger partial charge in [0.1, 0.15) is 23.0 Å². The molecule has 1 aliphatic heterocycles. The number of fused-ring (bicyclic) bond motifs is 1. The molecule has 0 unspecified atom stereocenters. The lowest BCUT2D eigenvalue weighted by Gasteiger charge is -2.24. The van der Waals surface area contributed by atoms with E-state index in [1.807, 2.05) is 43.3 Å². The molecule has 0 saturated carbocycles. The fourth-order valence-corrected chi connectivity index (χ4v) is 4.44. The lowest BCUT2D eigenvalue weighted by atomic mass is 10.0. The molecule has 4 aromatic rings. The number of pyridine rings is 2. The summed E-state index contributed by atoms with van der Waals surface area (Å²) in [5.41, 5.74) is 6.42. The maximum atomic E-state index is 12.3. The Hall–Kier alpha value is -4.22. The zero-order chi connectivity index (χ0) is 25.2. The van der Waals surface area contributed by atoms with Gasteiger partial charge in [0.15, 0.2) is 5.58 Å². The molecule has 8 heteroatoms. The number of furan rings is 1. The van der Waals surface area contributed by atoms with E-state index in [4.69, 9.17) is 9.15 Å². The minimum absolute atomic E-state index is 0.143. The molecule has 1 aliphatic rings. The fourth-order valence-electron chi connectivity index (χ4n) is 4.44. The second kappa shape index (κ2) is 9.80. The molecule has 1 amide bonds. The van der Waals surface area contributed by atoms with E-state index in [1.165, 1.54) is 4.90 Å². The number of anilines is 1. The van der Waals surface area contributed by atoms with Gasteiger partial charge in [0, 0.05) is 62.9 Å². The molecule has 0 bridgehead atoms. The molecular weight excluding hydrogens is 454 g/mol. The second-order valence-corrected chi connectivity index (χ2v) is 9.18. The van der Waals surface area contributed by atoms with E-state index >= 15 is 0 Å². The van der Waals surface area contributed by atoms with Gasteiger partial charge in [0.25, 0.3) is 5.91 Å². The maximum Gasteiger partial charge on any atom is 0.272 e. The Balaban J connectivity index is 1.49. The lowest BCUT2D eigenvalue weighted by molar-refractivity contribution is 0.0821. The van der Waals surface area contributed by atoms with Crippen LogP contribution in [0.25, 0.3) is 33.6 Å². The van der Waals surface area contributed by atoms with E-state index in [1.54, 1.807) is 26.5 Å². The van der Waals surface area contributed by atoms with Crippen molar-refractivity contribution in [1.29, 1.82) is 5.26 Å². The number of aromatic nitrogens is 2. The average molecular weight is 482 g/mol. The third kappa shape index (κ3) is 4.53. The first kappa shape index (κ1) is 23.5. The topological polar surface area (TPSA) is 104 Å². The number of rotatable bonds is 5. The number of nitriles is 1. The zero-order valence-corrected chi connectivity index (χ0v) is 20.5. The molecule has 8 nitrogen and oxygen atoms in total.